The van der Waals surface area contributed by atoms with Crippen molar-refractivity contribution in [1.29, 1.82) is 0 Å². The molecule has 0 aliphatic heterocycles. The third-order valence-corrected chi connectivity index (χ3v) is 1.69. The van der Waals surface area contributed by atoms with Gasteiger partial charge in [0.05, 0.1) is 5.57 Å². The van der Waals surface area contributed by atoms with Gasteiger partial charge < -0.3 is 5.73 Å². The molecule has 0 aliphatic rings. The second-order valence-corrected chi connectivity index (χ2v) is 2.54. The average molecular weight is 189 g/mol. The third kappa shape index (κ3) is 2.79. The predicted molar refractivity (Wildman–Crippen MR) is 45.0 cm³/mol. The molecule has 74 valence electrons. The highest BCUT2D eigenvalue weighted by atomic mass is 16.7. The maximum atomic E-state index is 10.3. The standard InChI is InChI=1S/C6H11N3O4/c1-3-5(7)4(2)6(8(10)11)9(12)13/h5H,3,7H2,1-2H3. The van der Waals surface area contributed by atoms with Gasteiger partial charge >= 0.3 is 5.82 Å². The molecule has 0 saturated heterocycles. The van der Waals surface area contributed by atoms with Crippen molar-refractivity contribution in [3.05, 3.63) is 31.6 Å². The van der Waals surface area contributed by atoms with Crippen molar-refractivity contribution in [3.63, 3.8) is 0 Å². The van der Waals surface area contributed by atoms with Crippen LogP contribution in [0.15, 0.2) is 11.4 Å². The SMILES string of the molecule is CCC(N)C(C)=C([N+](=O)[O-])[N+](=O)[O-]. The minimum Gasteiger partial charge on any atom is -0.324 e. The summed E-state index contributed by atoms with van der Waals surface area (Å²) in [7, 11) is 0. The van der Waals surface area contributed by atoms with Crippen LogP contribution in [0.25, 0.3) is 0 Å². The Labute approximate surface area is 74.5 Å². The van der Waals surface area contributed by atoms with Crippen LogP contribution in [0.1, 0.15) is 20.3 Å². The quantitative estimate of drug-likeness (QED) is 0.511. The molecule has 0 fully saturated rings. The number of hydrogen-bond acceptors (Lipinski definition) is 5. The molecule has 0 rings (SSSR count). The van der Waals surface area contributed by atoms with E-state index in [1.165, 1.54) is 6.92 Å². The van der Waals surface area contributed by atoms with Gasteiger partial charge in [-0.25, -0.2) is 0 Å². The molecular weight excluding hydrogens is 178 g/mol. The van der Waals surface area contributed by atoms with Gasteiger partial charge in [-0.15, -0.1) is 0 Å². The molecule has 2 N–H and O–H groups in total. The number of nitrogens with two attached hydrogens (primary N) is 1. The van der Waals surface area contributed by atoms with Gasteiger partial charge in [0, 0.05) is 6.04 Å². The molecule has 0 aliphatic carbocycles. The van der Waals surface area contributed by atoms with Gasteiger partial charge in [0.1, 0.15) is 9.85 Å². The van der Waals surface area contributed by atoms with Crippen molar-refractivity contribution in [2.75, 3.05) is 0 Å². The van der Waals surface area contributed by atoms with E-state index in [2.05, 4.69) is 0 Å². The first kappa shape index (κ1) is 11.5. The summed E-state index contributed by atoms with van der Waals surface area (Å²) in [4.78, 5) is 18.5. The molecular formula is C6H11N3O4. The zero-order valence-corrected chi connectivity index (χ0v) is 7.39. The maximum Gasteiger partial charge on any atom is 0.559 e. The van der Waals surface area contributed by atoms with Crippen molar-refractivity contribution >= 4 is 0 Å². The lowest BCUT2D eigenvalue weighted by Crippen LogP contribution is -2.25. The van der Waals surface area contributed by atoms with E-state index in [-0.39, 0.29) is 5.57 Å². The van der Waals surface area contributed by atoms with E-state index in [0.717, 1.165) is 0 Å². The highest BCUT2D eigenvalue weighted by Crippen LogP contribution is 2.10. The van der Waals surface area contributed by atoms with Crippen molar-refractivity contribution in [2.45, 2.75) is 26.3 Å². The Morgan fingerprint density at radius 2 is 1.77 bits per heavy atom. The van der Waals surface area contributed by atoms with Gasteiger partial charge in [0.15, 0.2) is 0 Å². The van der Waals surface area contributed by atoms with E-state index >= 15 is 0 Å². The Kier molecular flexibility index (Phi) is 3.99. The Morgan fingerprint density at radius 3 is 2.00 bits per heavy atom. The maximum absolute atomic E-state index is 10.3. The van der Waals surface area contributed by atoms with Crippen LogP contribution in [-0.4, -0.2) is 15.9 Å². The van der Waals surface area contributed by atoms with Crippen molar-refractivity contribution in [2.24, 2.45) is 5.73 Å². The largest absolute Gasteiger partial charge is 0.559 e. The molecule has 0 heterocycles. The summed E-state index contributed by atoms with van der Waals surface area (Å²) in [5.74, 6) is -1.02. The summed E-state index contributed by atoms with van der Waals surface area (Å²) in [6, 6.07) is -0.634. The highest BCUT2D eigenvalue weighted by Gasteiger charge is 2.31. The van der Waals surface area contributed by atoms with E-state index < -0.39 is 21.7 Å². The summed E-state index contributed by atoms with van der Waals surface area (Å²) in [6.07, 6.45) is 0.428. The van der Waals surface area contributed by atoms with Gasteiger partial charge in [0.25, 0.3) is 0 Å². The molecule has 0 aromatic rings. The topological polar surface area (TPSA) is 112 Å². The summed E-state index contributed by atoms with van der Waals surface area (Å²) in [6.45, 7) is 3.00. The Hall–Kier alpha value is -1.50. The fourth-order valence-corrected chi connectivity index (χ4v) is 0.827. The van der Waals surface area contributed by atoms with Gasteiger partial charge in [-0.1, -0.05) is 6.92 Å². The van der Waals surface area contributed by atoms with Crippen LogP contribution in [-0.2, 0) is 0 Å². The Bertz CT molecular complexity index is 245. The van der Waals surface area contributed by atoms with Gasteiger partial charge in [0.2, 0.25) is 0 Å². The number of nitro groups is 2. The summed E-state index contributed by atoms with van der Waals surface area (Å²) in [5.41, 5.74) is 5.42. The van der Waals surface area contributed by atoms with E-state index in [4.69, 9.17) is 5.73 Å². The lowest BCUT2D eigenvalue weighted by atomic mass is 10.1. The van der Waals surface area contributed by atoms with Gasteiger partial charge in [-0.2, -0.15) is 0 Å². The minimum absolute atomic E-state index is 0.00231. The first-order valence-corrected chi connectivity index (χ1v) is 3.66. The molecule has 1 unspecified atom stereocenters. The van der Waals surface area contributed by atoms with Gasteiger partial charge in [-0.3, -0.25) is 20.2 Å². The van der Waals surface area contributed by atoms with Crippen LogP contribution in [0.2, 0.25) is 0 Å². The summed E-state index contributed by atoms with van der Waals surface area (Å²) < 4.78 is 0. The predicted octanol–water partition coefficient (Wildman–Crippen LogP) is 0.509. The lowest BCUT2D eigenvalue weighted by molar-refractivity contribution is -0.617. The van der Waals surface area contributed by atoms with Crippen molar-refractivity contribution in [1.82, 2.24) is 0 Å². The molecule has 7 nitrogen and oxygen atoms in total. The van der Waals surface area contributed by atoms with Crippen LogP contribution in [0.5, 0.6) is 0 Å². The molecule has 0 bridgehead atoms. The third-order valence-electron chi connectivity index (χ3n) is 1.69. The molecule has 0 aromatic heterocycles. The molecule has 0 radical (unpaired) electrons. The van der Waals surface area contributed by atoms with E-state index in [0.29, 0.717) is 6.42 Å². The number of hydrogen-bond donors (Lipinski definition) is 1. The number of rotatable bonds is 4. The van der Waals surface area contributed by atoms with Crippen molar-refractivity contribution < 1.29 is 9.85 Å². The zero-order valence-electron chi connectivity index (χ0n) is 7.39. The molecule has 0 amide bonds. The van der Waals surface area contributed by atoms with Crippen LogP contribution in [0.3, 0.4) is 0 Å². The highest BCUT2D eigenvalue weighted by molar-refractivity contribution is 5.06. The molecule has 0 saturated carbocycles. The fraction of sp³-hybridized carbons (Fsp3) is 0.667. The monoisotopic (exact) mass is 189 g/mol. The van der Waals surface area contributed by atoms with E-state index in [1.807, 2.05) is 0 Å². The Balaban J connectivity index is 5.09. The lowest BCUT2D eigenvalue weighted by Gasteiger charge is -2.04. The summed E-state index contributed by atoms with van der Waals surface area (Å²) >= 11 is 0. The van der Waals surface area contributed by atoms with Crippen LogP contribution in [0.4, 0.5) is 0 Å². The second kappa shape index (κ2) is 4.51. The van der Waals surface area contributed by atoms with Gasteiger partial charge in [-0.05, 0) is 13.3 Å². The normalized spacial score (nSPS) is 11.9. The smallest absolute Gasteiger partial charge is 0.324 e. The van der Waals surface area contributed by atoms with Crippen LogP contribution >= 0.6 is 0 Å². The molecule has 7 heteroatoms. The average Bonchev–Trinajstić information content (AvgIpc) is 2.01. The fourth-order valence-electron chi connectivity index (χ4n) is 0.827. The Morgan fingerprint density at radius 1 is 1.38 bits per heavy atom. The van der Waals surface area contributed by atoms with Crippen LogP contribution < -0.4 is 5.73 Å². The van der Waals surface area contributed by atoms with Crippen LogP contribution in [0, 0.1) is 20.2 Å². The molecule has 1 atom stereocenters. The first-order chi connectivity index (χ1) is 5.91. The molecule has 0 spiro atoms. The number of nitrogens with zero attached hydrogens (tertiary/aromatic N) is 2. The molecule has 0 aromatic carbocycles. The van der Waals surface area contributed by atoms with Crippen molar-refractivity contribution in [3.8, 4) is 0 Å². The minimum atomic E-state index is -1.02. The summed E-state index contributed by atoms with van der Waals surface area (Å²) in [5, 5.41) is 20.5. The van der Waals surface area contributed by atoms with E-state index in [9.17, 15) is 20.2 Å². The molecule has 13 heavy (non-hydrogen) atoms. The second-order valence-electron chi connectivity index (χ2n) is 2.54. The zero-order chi connectivity index (χ0) is 10.6. The first-order valence-electron chi connectivity index (χ1n) is 3.66. The van der Waals surface area contributed by atoms with E-state index in [1.54, 1.807) is 6.92 Å².